The lowest BCUT2D eigenvalue weighted by molar-refractivity contribution is -0.672. The molecule has 1 saturated heterocycles. The fourth-order valence-electron chi connectivity index (χ4n) is 1.90. The van der Waals surface area contributed by atoms with Gasteiger partial charge in [0.1, 0.15) is 0 Å². The highest BCUT2D eigenvalue weighted by molar-refractivity contribution is 4.75. The van der Waals surface area contributed by atoms with Crippen LogP contribution in [0.2, 0.25) is 0 Å². The Morgan fingerprint density at radius 3 is 2.45 bits per heavy atom. The number of hydrogen-bond donors (Lipinski definition) is 2. The van der Waals surface area contributed by atoms with Gasteiger partial charge >= 0.3 is 0 Å². The molecule has 1 rings (SSSR count). The quantitative estimate of drug-likeness (QED) is 0.556. The van der Waals surface area contributed by atoms with Crippen molar-refractivity contribution in [2.75, 3.05) is 6.54 Å². The average Bonchev–Trinajstić information content (AvgIpc) is 2.10. The molecular weight excluding hydrogens is 136 g/mol. The largest absolute Gasteiger partial charge is 0.342 e. The molecule has 0 aromatic heterocycles. The lowest BCUT2D eigenvalue weighted by Crippen LogP contribution is -2.87. The predicted octanol–water partition coefficient (Wildman–Crippen LogP) is 0.0856. The van der Waals surface area contributed by atoms with Crippen molar-refractivity contribution in [1.82, 2.24) is 0 Å². The number of hydrogen-bond acceptors (Lipinski definition) is 1. The number of rotatable bonds is 1. The summed E-state index contributed by atoms with van der Waals surface area (Å²) in [5.74, 6) is 0. The average molecular weight is 157 g/mol. The van der Waals surface area contributed by atoms with E-state index < -0.39 is 0 Å². The molecule has 0 saturated carbocycles. The van der Waals surface area contributed by atoms with Crippen molar-refractivity contribution in [2.45, 2.75) is 45.7 Å². The summed E-state index contributed by atoms with van der Waals surface area (Å²) in [4.78, 5) is 0. The highest BCUT2D eigenvalue weighted by atomic mass is 15.0. The fraction of sp³-hybridized carbons (Fsp3) is 1.00. The van der Waals surface area contributed by atoms with Crippen molar-refractivity contribution in [3.63, 3.8) is 0 Å². The van der Waals surface area contributed by atoms with Crippen LogP contribution in [0.5, 0.6) is 0 Å². The molecule has 4 N–H and O–H groups in total. The van der Waals surface area contributed by atoms with Crippen molar-refractivity contribution in [2.24, 2.45) is 11.1 Å². The van der Waals surface area contributed by atoms with Crippen LogP contribution >= 0.6 is 0 Å². The second kappa shape index (κ2) is 3.11. The standard InChI is InChI=1S/C9H20N2/c1-9(2,3)5-8-4-7(10)6-11-8/h7-8,11H,4-6,10H2,1-3H3/p+1/t7-,8+/m1/s1. The molecule has 11 heavy (non-hydrogen) atoms. The van der Waals surface area contributed by atoms with Gasteiger partial charge in [0.05, 0.1) is 18.6 Å². The van der Waals surface area contributed by atoms with Gasteiger partial charge < -0.3 is 11.1 Å². The minimum atomic E-state index is 0.447. The summed E-state index contributed by atoms with van der Waals surface area (Å²) in [6.45, 7) is 8.01. The van der Waals surface area contributed by atoms with Gasteiger partial charge in [0.25, 0.3) is 0 Å². The van der Waals surface area contributed by atoms with Crippen molar-refractivity contribution in [3.8, 4) is 0 Å². The van der Waals surface area contributed by atoms with Crippen LogP contribution in [-0.2, 0) is 0 Å². The fourth-order valence-corrected chi connectivity index (χ4v) is 1.90. The van der Waals surface area contributed by atoms with Crippen LogP contribution in [0, 0.1) is 5.41 Å². The lowest BCUT2D eigenvalue weighted by atomic mass is 9.87. The van der Waals surface area contributed by atoms with Crippen molar-refractivity contribution < 1.29 is 5.32 Å². The van der Waals surface area contributed by atoms with Gasteiger partial charge in [-0.2, -0.15) is 0 Å². The molecule has 0 aromatic rings. The minimum Gasteiger partial charge on any atom is -0.342 e. The van der Waals surface area contributed by atoms with Gasteiger partial charge in [-0.25, -0.2) is 0 Å². The van der Waals surface area contributed by atoms with E-state index in [9.17, 15) is 0 Å². The summed E-state index contributed by atoms with van der Waals surface area (Å²) in [7, 11) is 0. The molecular formula is C9H21N2+. The van der Waals surface area contributed by atoms with Crippen molar-refractivity contribution >= 4 is 0 Å². The molecule has 0 spiro atoms. The molecule has 2 nitrogen and oxygen atoms in total. The zero-order valence-corrected chi connectivity index (χ0v) is 7.93. The van der Waals surface area contributed by atoms with Crippen LogP contribution in [0.4, 0.5) is 0 Å². The normalized spacial score (nSPS) is 32.7. The van der Waals surface area contributed by atoms with Gasteiger partial charge in [0.2, 0.25) is 0 Å². The second-order valence-corrected chi connectivity index (χ2v) is 4.99. The zero-order chi connectivity index (χ0) is 8.48. The van der Waals surface area contributed by atoms with Crippen LogP contribution in [0.25, 0.3) is 0 Å². The molecule has 0 bridgehead atoms. The molecule has 0 unspecified atom stereocenters. The van der Waals surface area contributed by atoms with Crippen LogP contribution in [-0.4, -0.2) is 18.6 Å². The lowest BCUT2D eigenvalue weighted by Gasteiger charge is -2.20. The van der Waals surface area contributed by atoms with E-state index in [-0.39, 0.29) is 0 Å². The summed E-state index contributed by atoms with van der Waals surface area (Å²) >= 11 is 0. The van der Waals surface area contributed by atoms with E-state index in [1.165, 1.54) is 12.8 Å². The Hall–Kier alpha value is -0.0800. The van der Waals surface area contributed by atoms with Crippen LogP contribution < -0.4 is 11.1 Å². The molecule has 66 valence electrons. The maximum absolute atomic E-state index is 5.81. The third kappa shape index (κ3) is 3.21. The molecule has 1 aliphatic rings. The highest BCUT2D eigenvalue weighted by Gasteiger charge is 2.28. The summed E-state index contributed by atoms with van der Waals surface area (Å²) in [6.07, 6.45) is 2.50. The molecule has 2 atom stereocenters. The Bertz CT molecular complexity index is 126. The van der Waals surface area contributed by atoms with Crippen molar-refractivity contribution in [3.05, 3.63) is 0 Å². The molecule has 1 aliphatic heterocycles. The van der Waals surface area contributed by atoms with Gasteiger partial charge in [0.15, 0.2) is 0 Å². The third-order valence-electron chi connectivity index (χ3n) is 2.25. The summed E-state index contributed by atoms with van der Waals surface area (Å²) in [6, 6.07) is 1.23. The first kappa shape index (κ1) is 9.01. The Balaban J connectivity index is 2.29. The first-order valence-corrected chi connectivity index (χ1v) is 4.56. The van der Waals surface area contributed by atoms with Gasteiger partial charge in [-0.3, -0.25) is 0 Å². The SMILES string of the molecule is CC(C)(C)C[C@@H]1C[C@@H](N)C[NH2+]1. The van der Waals surface area contributed by atoms with E-state index in [4.69, 9.17) is 5.73 Å². The highest BCUT2D eigenvalue weighted by Crippen LogP contribution is 2.21. The van der Waals surface area contributed by atoms with Gasteiger partial charge in [-0.1, -0.05) is 20.8 Å². The molecule has 0 aliphatic carbocycles. The molecule has 0 aromatic carbocycles. The molecule has 1 heterocycles. The molecule has 2 heteroatoms. The first-order valence-electron chi connectivity index (χ1n) is 4.56. The second-order valence-electron chi connectivity index (χ2n) is 4.99. The maximum Gasteiger partial charge on any atom is 0.0913 e. The van der Waals surface area contributed by atoms with E-state index in [0.717, 1.165) is 12.6 Å². The van der Waals surface area contributed by atoms with E-state index in [1.807, 2.05) is 0 Å². The molecule has 1 fully saturated rings. The van der Waals surface area contributed by atoms with E-state index >= 15 is 0 Å². The summed E-state index contributed by atoms with van der Waals surface area (Å²) in [5.41, 5.74) is 6.28. The first-order chi connectivity index (χ1) is 4.97. The molecule has 0 radical (unpaired) electrons. The van der Waals surface area contributed by atoms with E-state index in [0.29, 0.717) is 11.5 Å². The molecule has 0 amide bonds. The third-order valence-corrected chi connectivity index (χ3v) is 2.25. The van der Waals surface area contributed by atoms with Gasteiger partial charge in [0, 0.05) is 12.8 Å². The monoisotopic (exact) mass is 157 g/mol. The Morgan fingerprint density at radius 1 is 1.45 bits per heavy atom. The zero-order valence-electron chi connectivity index (χ0n) is 7.93. The Kier molecular flexibility index (Phi) is 2.55. The Labute approximate surface area is 69.5 Å². The van der Waals surface area contributed by atoms with Crippen LogP contribution in [0.1, 0.15) is 33.6 Å². The smallest absolute Gasteiger partial charge is 0.0913 e. The Morgan fingerprint density at radius 2 is 2.09 bits per heavy atom. The predicted molar refractivity (Wildman–Crippen MR) is 47.2 cm³/mol. The number of quaternary nitrogens is 1. The topological polar surface area (TPSA) is 42.6 Å². The summed E-state index contributed by atoms with van der Waals surface area (Å²) in [5, 5.41) is 2.40. The van der Waals surface area contributed by atoms with E-state index in [2.05, 4.69) is 26.1 Å². The van der Waals surface area contributed by atoms with Gasteiger partial charge in [-0.15, -0.1) is 0 Å². The van der Waals surface area contributed by atoms with Gasteiger partial charge in [-0.05, 0) is 5.41 Å². The van der Waals surface area contributed by atoms with Crippen LogP contribution in [0.3, 0.4) is 0 Å². The minimum absolute atomic E-state index is 0.447. The van der Waals surface area contributed by atoms with E-state index in [1.54, 1.807) is 0 Å². The van der Waals surface area contributed by atoms with Crippen molar-refractivity contribution in [1.29, 1.82) is 0 Å². The summed E-state index contributed by atoms with van der Waals surface area (Å²) < 4.78 is 0. The van der Waals surface area contributed by atoms with Crippen LogP contribution in [0.15, 0.2) is 0 Å². The number of nitrogens with two attached hydrogens (primary N) is 2. The maximum atomic E-state index is 5.81.